The molecule has 3 aromatic rings. The maximum Gasteiger partial charge on any atom is 0.193 e. The molecule has 3 rings (SSSR count). The van der Waals surface area contributed by atoms with Gasteiger partial charge in [0.2, 0.25) is 0 Å². The lowest BCUT2D eigenvalue weighted by atomic mass is 9.99. The maximum atomic E-state index is 12.6. The Morgan fingerprint density at radius 1 is 1.00 bits per heavy atom. The average molecular weight is 275 g/mol. The van der Waals surface area contributed by atoms with Crippen molar-refractivity contribution in [3.05, 3.63) is 77.5 Å². The first-order valence-electron chi connectivity index (χ1n) is 7.26. The Labute approximate surface area is 124 Å². The molecule has 0 aliphatic carbocycles. The molecule has 21 heavy (non-hydrogen) atoms. The van der Waals surface area contributed by atoms with Crippen LogP contribution in [0, 0.1) is 0 Å². The predicted molar refractivity (Wildman–Crippen MR) is 85.6 cm³/mol. The van der Waals surface area contributed by atoms with E-state index in [9.17, 15) is 4.79 Å². The summed E-state index contributed by atoms with van der Waals surface area (Å²) in [5.74, 6) is 0.0682. The Balaban J connectivity index is 1.97. The zero-order chi connectivity index (χ0) is 14.7. The largest absolute Gasteiger partial charge is 0.289 e. The number of aromatic nitrogens is 1. The van der Waals surface area contributed by atoms with Crippen LogP contribution in [0.5, 0.6) is 0 Å². The van der Waals surface area contributed by atoms with E-state index in [-0.39, 0.29) is 5.78 Å². The normalized spacial score (nSPS) is 10.7. The maximum absolute atomic E-state index is 12.6. The molecule has 0 unspecified atom stereocenters. The number of carbonyl (C=O) groups excluding carboxylic acids is 1. The molecule has 0 bridgehead atoms. The van der Waals surface area contributed by atoms with Crippen molar-refractivity contribution in [2.45, 2.75) is 19.8 Å². The van der Waals surface area contributed by atoms with E-state index in [4.69, 9.17) is 0 Å². The van der Waals surface area contributed by atoms with Crippen LogP contribution in [-0.4, -0.2) is 10.8 Å². The molecule has 104 valence electrons. The fraction of sp³-hybridized carbons (Fsp3) is 0.158. The van der Waals surface area contributed by atoms with Gasteiger partial charge in [0.05, 0.1) is 5.52 Å². The van der Waals surface area contributed by atoms with Crippen molar-refractivity contribution in [2.24, 2.45) is 0 Å². The van der Waals surface area contributed by atoms with Crippen LogP contribution in [0.2, 0.25) is 0 Å². The monoisotopic (exact) mass is 275 g/mol. The lowest BCUT2D eigenvalue weighted by Gasteiger charge is -2.05. The fourth-order valence-electron chi connectivity index (χ4n) is 2.54. The quantitative estimate of drug-likeness (QED) is 0.660. The Hall–Kier alpha value is -2.48. The number of ketones is 1. The molecule has 0 saturated heterocycles. The number of aryl methyl sites for hydroxylation is 1. The van der Waals surface area contributed by atoms with Gasteiger partial charge in [0.15, 0.2) is 5.78 Å². The van der Waals surface area contributed by atoms with Crippen molar-refractivity contribution in [2.75, 3.05) is 0 Å². The van der Waals surface area contributed by atoms with Crippen LogP contribution in [0.3, 0.4) is 0 Å². The van der Waals surface area contributed by atoms with Crippen molar-refractivity contribution < 1.29 is 4.79 Å². The Morgan fingerprint density at radius 3 is 2.71 bits per heavy atom. The van der Waals surface area contributed by atoms with Gasteiger partial charge < -0.3 is 0 Å². The molecular formula is C19H17NO. The molecule has 0 amide bonds. The number of rotatable bonds is 4. The summed E-state index contributed by atoms with van der Waals surface area (Å²) in [4.78, 5) is 16.9. The molecule has 2 nitrogen and oxygen atoms in total. The molecule has 1 heterocycles. The summed E-state index contributed by atoms with van der Waals surface area (Å²) in [6.07, 6.45) is 3.85. The fourth-order valence-corrected chi connectivity index (χ4v) is 2.54. The third-order valence-corrected chi connectivity index (χ3v) is 3.59. The van der Waals surface area contributed by atoms with Gasteiger partial charge in [0.25, 0.3) is 0 Å². The van der Waals surface area contributed by atoms with E-state index in [0.717, 1.165) is 29.3 Å². The molecule has 0 atom stereocenters. The number of nitrogens with zero attached hydrogens (tertiary/aromatic N) is 1. The van der Waals surface area contributed by atoms with Gasteiger partial charge in [0, 0.05) is 22.7 Å². The smallest absolute Gasteiger partial charge is 0.193 e. The Morgan fingerprint density at radius 2 is 1.86 bits per heavy atom. The van der Waals surface area contributed by atoms with Crippen LogP contribution >= 0.6 is 0 Å². The summed E-state index contributed by atoms with van der Waals surface area (Å²) in [6.45, 7) is 2.14. The summed E-state index contributed by atoms with van der Waals surface area (Å²) < 4.78 is 0. The summed E-state index contributed by atoms with van der Waals surface area (Å²) in [6, 6.07) is 17.4. The van der Waals surface area contributed by atoms with Crippen LogP contribution in [-0.2, 0) is 6.42 Å². The second-order valence-electron chi connectivity index (χ2n) is 5.19. The molecule has 0 spiro atoms. The number of hydrogen-bond donors (Lipinski definition) is 0. The van der Waals surface area contributed by atoms with E-state index in [0.29, 0.717) is 5.56 Å². The van der Waals surface area contributed by atoms with Crippen molar-refractivity contribution in [1.82, 2.24) is 4.98 Å². The highest BCUT2D eigenvalue weighted by Crippen LogP contribution is 2.17. The molecule has 0 aliphatic heterocycles. The van der Waals surface area contributed by atoms with Crippen molar-refractivity contribution in [1.29, 1.82) is 0 Å². The number of benzene rings is 2. The molecule has 0 aliphatic rings. The zero-order valence-electron chi connectivity index (χ0n) is 12.0. The molecule has 0 N–H and O–H groups in total. The van der Waals surface area contributed by atoms with Gasteiger partial charge >= 0.3 is 0 Å². The highest BCUT2D eigenvalue weighted by molar-refractivity contribution is 6.10. The summed E-state index contributed by atoms with van der Waals surface area (Å²) in [7, 11) is 0. The predicted octanol–water partition coefficient (Wildman–Crippen LogP) is 4.42. The number of fused-ring (bicyclic) bond motifs is 1. The van der Waals surface area contributed by atoms with Crippen LogP contribution in [0.15, 0.2) is 60.8 Å². The highest BCUT2D eigenvalue weighted by atomic mass is 16.1. The van der Waals surface area contributed by atoms with Crippen LogP contribution in [0.4, 0.5) is 0 Å². The number of carbonyl (C=O) groups is 1. The molecule has 1 aromatic heterocycles. The minimum Gasteiger partial charge on any atom is -0.289 e. The van der Waals surface area contributed by atoms with Gasteiger partial charge in [-0.25, -0.2) is 0 Å². The molecule has 2 heteroatoms. The third kappa shape index (κ3) is 2.84. The van der Waals surface area contributed by atoms with Gasteiger partial charge in [-0.05, 0) is 42.3 Å². The van der Waals surface area contributed by atoms with Crippen LogP contribution in [0.1, 0.15) is 34.8 Å². The molecule has 0 saturated carbocycles. The minimum atomic E-state index is 0.0682. The lowest BCUT2D eigenvalue weighted by molar-refractivity contribution is 0.103. The number of pyridine rings is 1. The van der Waals surface area contributed by atoms with Gasteiger partial charge in [-0.15, -0.1) is 0 Å². The van der Waals surface area contributed by atoms with Gasteiger partial charge in [-0.1, -0.05) is 37.6 Å². The first-order valence-corrected chi connectivity index (χ1v) is 7.26. The second-order valence-corrected chi connectivity index (χ2v) is 5.19. The summed E-state index contributed by atoms with van der Waals surface area (Å²) >= 11 is 0. The topological polar surface area (TPSA) is 30.0 Å². The van der Waals surface area contributed by atoms with E-state index >= 15 is 0 Å². The molecule has 0 fully saturated rings. The average Bonchev–Trinajstić information content (AvgIpc) is 2.54. The third-order valence-electron chi connectivity index (χ3n) is 3.59. The first-order chi connectivity index (χ1) is 10.3. The second kappa shape index (κ2) is 5.88. The Kier molecular flexibility index (Phi) is 3.78. The standard InChI is InChI=1S/C19H17NO/c1-2-5-14-6-3-7-16(12-14)19(21)17-9-10-18-15(13-17)8-4-11-20-18/h3-4,6-13H,2,5H2,1H3. The van der Waals surface area contributed by atoms with E-state index in [2.05, 4.69) is 18.0 Å². The van der Waals surface area contributed by atoms with Crippen molar-refractivity contribution >= 4 is 16.7 Å². The van der Waals surface area contributed by atoms with Gasteiger partial charge in [0.1, 0.15) is 0 Å². The Bertz CT molecular complexity index is 792. The van der Waals surface area contributed by atoms with E-state index in [1.165, 1.54) is 5.56 Å². The van der Waals surface area contributed by atoms with Crippen molar-refractivity contribution in [3.8, 4) is 0 Å². The van der Waals surface area contributed by atoms with E-state index in [1.54, 1.807) is 6.20 Å². The zero-order valence-corrected chi connectivity index (χ0v) is 12.0. The van der Waals surface area contributed by atoms with Crippen LogP contribution < -0.4 is 0 Å². The SMILES string of the molecule is CCCc1cccc(C(=O)c2ccc3ncccc3c2)c1. The van der Waals surface area contributed by atoms with Crippen LogP contribution in [0.25, 0.3) is 10.9 Å². The first kappa shape index (κ1) is 13.5. The number of hydrogen-bond acceptors (Lipinski definition) is 2. The minimum absolute atomic E-state index is 0.0682. The highest BCUT2D eigenvalue weighted by Gasteiger charge is 2.10. The molecular weight excluding hydrogens is 258 g/mol. The van der Waals surface area contributed by atoms with Gasteiger partial charge in [-0.2, -0.15) is 0 Å². The van der Waals surface area contributed by atoms with E-state index in [1.807, 2.05) is 48.5 Å². The summed E-state index contributed by atoms with van der Waals surface area (Å²) in [5, 5.41) is 0.994. The van der Waals surface area contributed by atoms with E-state index < -0.39 is 0 Å². The molecule has 2 aromatic carbocycles. The lowest BCUT2D eigenvalue weighted by Crippen LogP contribution is -2.02. The summed E-state index contributed by atoms with van der Waals surface area (Å²) in [5.41, 5.74) is 3.59. The van der Waals surface area contributed by atoms with Gasteiger partial charge in [-0.3, -0.25) is 9.78 Å². The molecule has 0 radical (unpaired) electrons. The van der Waals surface area contributed by atoms with Crippen molar-refractivity contribution in [3.63, 3.8) is 0 Å².